The summed E-state index contributed by atoms with van der Waals surface area (Å²) in [6.07, 6.45) is -3.09. The number of nitrogens with zero attached hydrogens (tertiary/aromatic N) is 4. The third-order valence-electron chi connectivity index (χ3n) is 5.47. The molecule has 1 atom stereocenters. The first kappa shape index (κ1) is 27.3. The third kappa shape index (κ3) is 5.93. The summed E-state index contributed by atoms with van der Waals surface area (Å²) < 4.78 is 53.8. The van der Waals surface area contributed by atoms with Crippen molar-refractivity contribution in [3.8, 4) is 5.69 Å². The van der Waals surface area contributed by atoms with Crippen molar-refractivity contribution in [2.75, 3.05) is 12.4 Å². The minimum absolute atomic E-state index is 0.0482. The van der Waals surface area contributed by atoms with Crippen molar-refractivity contribution in [3.63, 3.8) is 0 Å². The first-order valence-corrected chi connectivity index (χ1v) is 11.4. The average Bonchev–Trinajstić information content (AvgIpc) is 2.89. The molecule has 0 aliphatic rings. The van der Waals surface area contributed by atoms with Crippen molar-refractivity contribution in [2.45, 2.75) is 33.0 Å². The van der Waals surface area contributed by atoms with Gasteiger partial charge in [-0.15, -0.1) is 0 Å². The third-order valence-corrected chi connectivity index (χ3v) is 5.47. The lowest BCUT2D eigenvalue weighted by atomic mass is 10.2. The maximum Gasteiger partial charge on any atom is 0.416 e. The highest BCUT2D eigenvalue weighted by atomic mass is 19.4. The fourth-order valence-corrected chi connectivity index (χ4v) is 3.49. The van der Waals surface area contributed by atoms with Gasteiger partial charge in [0.05, 0.1) is 22.7 Å². The highest BCUT2D eigenvalue weighted by Crippen LogP contribution is 2.31. The zero-order valence-corrected chi connectivity index (χ0v) is 20.5. The van der Waals surface area contributed by atoms with Crippen molar-refractivity contribution >= 4 is 22.8 Å². The Labute approximate surface area is 210 Å². The number of alkyl halides is 3. The van der Waals surface area contributed by atoms with Gasteiger partial charge in [-0.2, -0.15) is 13.2 Å². The van der Waals surface area contributed by atoms with Gasteiger partial charge in [0.15, 0.2) is 5.65 Å². The highest BCUT2D eigenvalue weighted by Gasteiger charge is 2.31. The van der Waals surface area contributed by atoms with Gasteiger partial charge in [-0.1, -0.05) is 19.9 Å². The number of carbonyl (C=O) groups excluding carboxylic acids is 1. The summed E-state index contributed by atoms with van der Waals surface area (Å²) >= 11 is 0. The molecule has 0 spiro atoms. The van der Waals surface area contributed by atoms with Crippen LogP contribution in [0, 0.1) is 5.82 Å². The van der Waals surface area contributed by atoms with Gasteiger partial charge in [0.1, 0.15) is 11.6 Å². The fourth-order valence-electron chi connectivity index (χ4n) is 3.49. The van der Waals surface area contributed by atoms with E-state index in [0.29, 0.717) is 5.69 Å². The van der Waals surface area contributed by atoms with Gasteiger partial charge in [-0.3, -0.25) is 9.36 Å². The van der Waals surface area contributed by atoms with E-state index in [9.17, 15) is 27.2 Å². The molecule has 7 nitrogen and oxygen atoms in total. The largest absolute Gasteiger partial charge is 0.416 e. The van der Waals surface area contributed by atoms with Crippen molar-refractivity contribution in [1.29, 1.82) is 0 Å². The Morgan fingerprint density at radius 1 is 1.05 bits per heavy atom. The second-order valence-corrected chi connectivity index (χ2v) is 7.76. The smallest absolute Gasteiger partial charge is 0.318 e. The van der Waals surface area contributed by atoms with Gasteiger partial charge in [0, 0.05) is 18.9 Å². The minimum atomic E-state index is -4.56. The molecular formula is C26H25F4N5O2. The highest BCUT2D eigenvalue weighted by molar-refractivity contribution is 5.89. The predicted octanol–water partition coefficient (Wildman–Crippen LogP) is 6.19. The topological polar surface area (TPSA) is 80.1 Å². The van der Waals surface area contributed by atoms with E-state index in [2.05, 4.69) is 15.3 Å². The molecule has 2 aromatic carbocycles. The number of carbonyl (C=O) groups is 1. The van der Waals surface area contributed by atoms with Crippen LogP contribution in [0.25, 0.3) is 16.7 Å². The number of benzene rings is 2. The SMILES string of the molecule is CC.CC(c1nc2ncccc2c(=O)n1-c1ccc(F)cc1)N(C)C(=O)Nc1cccc(C(F)(F)F)c1. The van der Waals surface area contributed by atoms with Gasteiger partial charge in [0.2, 0.25) is 0 Å². The van der Waals surface area contributed by atoms with Gasteiger partial charge < -0.3 is 10.2 Å². The zero-order chi connectivity index (χ0) is 27.3. The molecule has 0 saturated carbocycles. The summed E-state index contributed by atoms with van der Waals surface area (Å²) in [7, 11) is 1.41. The second-order valence-electron chi connectivity index (χ2n) is 7.76. The quantitative estimate of drug-likeness (QED) is 0.329. The lowest BCUT2D eigenvalue weighted by Gasteiger charge is -2.27. The summed E-state index contributed by atoms with van der Waals surface area (Å²) in [5.74, 6) is -0.362. The van der Waals surface area contributed by atoms with E-state index in [1.54, 1.807) is 19.1 Å². The van der Waals surface area contributed by atoms with Crippen LogP contribution in [-0.2, 0) is 6.18 Å². The van der Waals surface area contributed by atoms with Gasteiger partial charge in [-0.25, -0.2) is 19.2 Å². The molecule has 0 aliphatic heterocycles. The first-order valence-electron chi connectivity index (χ1n) is 11.4. The maximum atomic E-state index is 13.5. The number of urea groups is 1. The van der Waals surface area contributed by atoms with Crippen LogP contribution in [0.15, 0.2) is 71.7 Å². The summed E-state index contributed by atoms with van der Waals surface area (Å²) in [5, 5.41) is 2.66. The molecule has 0 saturated heterocycles. The van der Waals surface area contributed by atoms with Gasteiger partial charge >= 0.3 is 12.2 Å². The molecule has 2 aromatic heterocycles. The molecule has 0 aliphatic carbocycles. The fraction of sp³-hybridized carbons (Fsp3) is 0.231. The average molecular weight is 516 g/mol. The van der Waals surface area contributed by atoms with Crippen LogP contribution in [0.3, 0.4) is 0 Å². The van der Waals surface area contributed by atoms with Gasteiger partial charge in [-0.05, 0) is 61.5 Å². The van der Waals surface area contributed by atoms with Crippen molar-refractivity contribution in [3.05, 3.63) is 94.4 Å². The van der Waals surface area contributed by atoms with Crippen LogP contribution in [0.2, 0.25) is 0 Å². The summed E-state index contributed by atoms with van der Waals surface area (Å²) in [4.78, 5) is 36.0. The Balaban J connectivity index is 0.00000186. The Hall–Kier alpha value is -4.28. The molecule has 0 bridgehead atoms. The van der Waals surface area contributed by atoms with Crippen LogP contribution < -0.4 is 10.9 Å². The number of hydrogen-bond acceptors (Lipinski definition) is 4. The Kier molecular flexibility index (Phi) is 8.26. The van der Waals surface area contributed by atoms with Crippen LogP contribution >= 0.6 is 0 Å². The van der Waals surface area contributed by atoms with Crippen LogP contribution in [0.1, 0.15) is 38.2 Å². The van der Waals surface area contributed by atoms with E-state index < -0.39 is 35.2 Å². The van der Waals surface area contributed by atoms with E-state index in [4.69, 9.17) is 0 Å². The number of rotatable bonds is 4. The molecular weight excluding hydrogens is 490 g/mol. The number of anilines is 1. The van der Waals surface area contributed by atoms with Crippen molar-refractivity contribution < 1.29 is 22.4 Å². The number of aromatic nitrogens is 3. The molecule has 0 radical (unpaired) electrons. The van der Waals surface area contributed by atoms with Gasteiger partial charge in [0.25, 0.3) is 5.56 Å². The zero-order valence-electron chi connectivity index (χ0n) is 20.5. The Bertz CT molecular complexity index is 1450. The number of amides is 2. The standard InChI is InChI=1S/C24H19F4N5O2.C2H6/c1-14(32(2)23(35)30-17-6-3-5-15(13-17)24(26,27)28)21-31-20-19(7-4-12-29-20)22(34)33(21)18-10-8-16(25)9-11-18;1-2/h3-14H,1-2H3,(H,30,35);1-2H3. The lowest BCUT2D eigenvalue weighted by Crippen LogP contribution is -2.37. The number of halogens is 4. The van der Waals surface area contributed by atoms with Crippen LogP contribution in [0.4, 0.5) is 28.0 Å². The predicted molar refractivity (Wildman–Crippen MR) is 133 cm³/mol. The number of fused-ring (bicyclic) bond motifs is 1. The number of pyridine rings is 1. The molecule has 2 amide bonds. The molecule has 1 unspecified atom stereocenters. The monoisotopic (exact) mass is 515 g/mol. The summed E-state index contributed by atoms with van der Waals surface area (Å²) in [5.41, 5.74) is -0.942. The van der Waals surface area contributed by atoms with E-state index >= 15 is 0 Å². The Morgan fingerprint density at radius 3 is 2.38 bits per heavy atom. The molecule has 4 aromatic rings. The van der Waals surface area contributed by atoms with Crippen LogP contribution in [-0.4, -0.2) is 32.5 Å². The molecule has 0 fully saturated rings. The number of hydrogen-bond donors (Lipinski definition) is 1. The van der Waals surface area contributed by atoms with Crippen molar-refractivity contribution in [2.24, 2.45) is 0 Å². The normalized spacial score (nSPS) is 11.9. The molecule has 2 heterocycles. The molecule has 37 heavy (non-hydrogen) atoms. The molecule has 11 heteroatoms. The van der Waals surface area contributed by atoms with E-state index in [1.807, 2.05) is 13.8 Å². The van der Waals surface area contributed by atoms with Crippen molar-refractivity contribution in [1.82, 2.24) is 19.4 Å². The summed E-state index contributed by atoms with van der Waals surface area (Å²) in [6.45, 7) is 5.60. The number of nitrogens with one attached hydrogen (secondary N) is 1. The lowest BCUT2D eigenvalue weighted by molar-refractivity contribution is -0.137. The summed E-state index contributed by atoms with van der Waals surface area (Å²) in [6, 6.07) is 11.0. The van der Waals surface area contributed by atoms with E-state index in [0.717, 1.165) is 12.1 Å². The molecule has 4 rings (SSSR count). The van der Waals surface area contributed by atoms with E-state index in [-0.39, 0.29) is 22.5 Å². The molecule has 1 N–H and O–H groups in total. The maximum absolute atomic E-state index is 13.5. The first-order chi connectivity index (χ1) is 17.6. The van der Waals surface area contributed by atoms with Crippen LogP contribution in [0.5, 0.6) is 0 Å². The Morgan fingerprint density at radius 2 is 1.73 bits per heavy atom. The molecule has 194 valence electrons. The minimum Gasteiger partial charge on any atom is -0.318 e. The second kappa shape index (κ2) is 11.2. The van der Waals surface area contributed by atoms with E-state index in [1.165, 1.54) is 59.1 Å².